The molecule has 0 bridgehead atoms. The predicted molar refractivity (Wildman–Crippen MR) is 81.9 cm³/mol. The average molecular weight is 411 g/mol. The lowest BCUT2D eigenvalue weighted by molar-refractivity contribution is -0.141. The zero-order valence-corrected chi connectivity index (χ0v) is 13.1. The Kier molecular flexibility index (Phi) is 4.71. The van der Waals surface area contributed by atoms with E-state index in [0.717, 1.165) is 8.47 Å². The molecule has 108 valence electrons. The minimum absolute atomic E-state index is 0.00914. The number of rotatable bonds is 2. The van der Waals surface area contributed by atoms with E-state index in [-0.39, 0.29) is 13.0 Å². The van der Waals surface area contributed by atoms with Crippen LogP contribution in [0.2, 0.25) is 5.02 Å². The highest BCUT2D eigenvalue weighted by Crippen LogP contribution is 2.25. The number of amides is 2. The molecule has 2 amide bonds. The van der Waals surface area contributed by atoms with E-state index in [0.29, 0.717) is 10.7 Å². The van der Waals surface area contributed by atoms with Crippen LogP contribution in [0.5, 0.6) is 0 Å². The van der Waals surface area contributed by atoms with Crippen molar-refractivity contribution in [1.29, 1.82) is 0 Å². The first kappa shape index (κ1) is 15.3. The molecule has 0 unspecified atom stereocenters. The molecule has 1 aromatic rings. The molecular weight excluding hydrogens is 398 g/mol. The van der Waals surface area contributed by atoms with Crippen LogP contribution in [0.3, 0.4) is 0 Å². The normalized spacial score (nSPS) is 21.9. The number of aliphatic hydroxyl groups is 1. The quantitative estimate of drug-likeness (QED) is 0.651. The van der Waals surface area contributed by atoms with Crippen LogP contribution in [0.1, 0.15) is 6.42 Å². The number of carboxylic acid groups (broad SMARTS) is 1. The van der Waals surface area contributed by atoms with Gasteiger partial charge in [-0.05, 0) is 40.8 Å². The number of nitrogens with one attached hydrogen (secondary N) is 1. The van der Waals surface area contributed by atoms with Crippen molar-refractivity contribution in [2.75, 3.05) is 11.9 Å². The summed E-state index contributed by atoms with van der Waals surface area (Å²) < 4.78 is 0.922. The Hall–Kier alpha value is -1.06. The molecule has 1 heterocycles. The standard InChI is InChI=1S/C12H12ClIN2O4/c13-8-3-6(14)1-2-9(8)15-12(20)16-5-7(17)4-10(16)11(18)19/h1-3,7,10,17H,4-5H2,(H,15,20)(H,18,19)/t7-,10-/m0/s1. The summed E-state index contributed by atoms with van der Waals surface area (Å²) in [6.07, 6.45) is -0.794. The lowest BCUT2D eigenvalue weighted by Gasteiger charge is -2.21. The molecule has 0 radical (unpaired) electrons. The number of nitrogens with zero attached hydrogens (tertiary/aromatic N) is 1. The molecule has 6 nitrogen and oxygen atoms in total. The van der Waals surface area contributed by atoms with E-state index in [2.05, 4.69) is 27.9 Å². The van der Waals surface area contributed by atoms with E-state index in [1.807, 2.05) is 0 Å². The second-order valence-corrected chi connectivity index (χ2v) is 6.10. The molecule has 0 spiro atoms. The van der Waals surface area contributed by atoms with Gasteiger partial charge >= 0.3 is 12.0 Å². The van der Waals surface area contributed by atoms with Gasteiger partial charge in [-0.15, -0.1) is 0 Å². The fourth-order valence-electron chi connectivity index (χ4n) is 2.05. The number of urea groups is 1. The van der Waals surface area contributed by atoms with Crippen molar-refractivity contribution < 1.29 is 19.8 Å². The van der Waals surface area contributed by atoms with Crippen molar-refractivity contribution in [2.45, 2.75) is 18.6 Å². The molecule has 0 aromatic heterocycles. The molecule has 20 heavy (non-hydrogen) atoms. The van der Waals surface area contributed by atoms with Crippen molar-refractivity contribution in [3.05, 3.63) is 26.8 Å². The van der Waals surface area contributed by atoms with Gasteiger partial charge in [0.2, 0.25) is 0 Å². The monoisotopic (exact) mass is 410 g/mol. The predicted octanol–water partition coefficient (Wildman–Crippen LogP) is 2.00. The smallest absolute Gasteiger partial charge is 0.326 e. The van der Waals surface area contributed by atoms with E-state index in [4.69, 9.17) is 16.7 Å². The highest BCUT2D eigenvalue weighted by atomic mass is 127. The van der Waals surface area contributed by atoms with Gasteiger partial charge in [0, 0.05) is 16.5 Å². The number of aliphatic hydroxyl groups excluding tert-OH is 1. The number of carbonyl (C=O) groups excluding carboxylic acids is 1. The van der Waals surface area contributed by atoms with Gasteiger partial charge in [-0.3, -0.25) is 0 Å². The summed E-state index contributed by atoms with van der Waals surface area (Å²) in [6.45, 7) is -0.00914. The number of anilines is 1. The van der Waals surface area contributed by atoms with E-state index < -0.39 is 24.1 Å². The molecule has 2 atom stereocenters. The molecule has 3 N–H and O–H groups in total. The minimum Gasteiger partial charge on any atom is -0.480 e. The third-order valence-electron chi connectivity index (χ3n) is 3.00. The van der Waals surface area contributed by atoms with Gasteiger partial charge in [-0.1, -0.05) is 11.6 Å². The summed E-state index contributed by atoms with van der Waals surface area (Å²) in [5, 5.41) is 21.5. The van der Waals surface area contributed by atoms with Crippen LogP contribution in [-0.2, 0) is 4.79 Å². The first-order chi connectivity index (χ1) is 9.38. The molecule has 1 aromatic carbocycles. The Balaban J connectivity index is 2.13. The number of aliphatic carboxylic acids is 1. The molecule has 0 saturated carbocycles. The largest absolute Gasteiger partial charge is 0.480 e. The number of carboxylic acids is 1. The van der Waals surface area contributed by atoms with Gasteiger partial charge in [0.05, 0.1) is 16.8 Å². The van der Waals surface area contributed by atoms with Gasteiger partial charge in [0.1, 0.15) is 6.04 Å². The molecule has 1 aliphatic rings. The molecule has 2 rings (SSSR count). The Morgan fingerprint density at radius 2 is 2.15 bits per heavy atom. The summed E-state index contributed by atoms with van der Waals surface area (Å²) >= 11 is 8.09. The van der Waals surface area contributed by atoms with Crippen LogP contribution < -0.4 is 5.32 Å². The fourth-order valence-corrected chi connectivity index (χ4v) is 2.95. The summed E-state index contributed by atoms with van der Waals surface area (Å²) in [5.41, 5.74) is 0.405. The summed E-state index contributed by atoms with van der Waals surface area (Å²) in [7, 11) is 0. The van der Waals surface area contributed by atoms with Crippen molar-refractivity contribution >= 4 is 51.9 Å². The Morgan fingerprint density at radius 1 is 1.45 bits per heavy atom. The van der Waals surface area contributed by atoms with Crippen molar-refractivity contribution in [2.24, 2.45) is 0 Å². The summed E-state index contributed by atoms with van der Waals surface area (Å²) in [4.78, 5) is 24.3. The third-order valence-corrected chi connectivity index (χ3v) is 3.98. The zero-order valence-electron chi connectivity index (χ0n) is 10.2. The number of likely N-dealkylation sites (tertiary alicyclic amines) is 1. The lowest BCUT2D eigenvalue weighted by atomic mass is 10.2. The van der Waals surface area contributed by atoms with Crippen LogP contribution >= 0.6 is 34.2 Å². The van der Waals surface area contributed by atoms with Gasteiger partial charge in [0.15, 0.2) is 0 Å². The Labute approximate surface area is 133 Å². The molecule has 8 heteroatoms. The van der Waals surface area contributed by atoms with E-state index >= 15 is 0 Å². The maximum absolute atomic E-state index is 12.1. The molecule has 1 aliphatic heterocycles. The fraction of sp³-hybridized carbons (Fsp3) is 0.333. The highest BCUT2D eigenvalue weighted by Gasteiger charge is 2.39. The van der Waals surface area contributed by atoms with E-state index in [1.165, 1.54) is 0 Å². The number of carbonyl (C=O) groups is 2. The molecule has 0 aliphatic carbocycles. The van der Waals surface area contributed by atoms with Crippen LogP contribution in [0, 0.1) is 3.57 Å². The maximum Gasteiger partial charge on any atom is 0.326 e. The van der Waals surface area contributed by atoms with Crippen molar-refractivity contribution in [3.63, 3.8) is 0 Å². The number of hydrogen-bond acceptors (Lipinski definition) is 3. The van der Waals surface area contributed by atoms with Crippen molar-refractivity contribution in [1.82, 2.24) is 4.90 Å². The highest BCUT2D eigenvalue weighted by molar-refractivity contribution is 14.1. The van der Waals surface area contributed by atoms with Gasteiger partial charge in [0.25, 0.3) is 0 Å². The summed E-state index contributed by atoms with van der Waals surface area (Å²) in [5.74, 6) is -1.13. The Bertz CT molecular complexity index is 554. The Morgan fingerprint density at radius 3 is 2.75 bits per heavy atom. The average Bonchev–Trinajstić information content (AvgIpc) is 2.75. The number of hydrogen-bond donors (Lipinski definition) is 3. The number of halogens is 2. The topological polar surface area (TPSA) is 89.9 Å². The SMILES string of the molecule is O=C(O)[C@@H]1C[C@H](O)CN1C(=O)Nc1ccc(I)cc1Cl. The van der Waals surface area contributed by atoms with Gasteiger partial charge in [-0.25, -0.2) is 9.59 Å². The third kappa shape index (κ3) is 3.33. The maximum atomic E-state index is 12.1. The van der Waals surface area contributed by atoms with Crippen LogP contribution in [0.4, 0.5) is 10.5 Å². The van der Waals surface area contributed by atoms with Crippen LogP contribution in [-0.4, -0.2) is 45.8 Å². The minimum atomic E-state index is -1.13. The summed E-state index contributed by atoms with van der Waals surface area (Å²) in [6, 6.07) is 3.50. The molecular formula is C12H12ClIN2O4. The second-order valence-electron chi connectivity index (χ2n) is 4.45. The van der Waals surface area contributed by atoms with Crippen molar-refractivity contribution in [3.8, 4) is 0 Å². The van der Waals surface area contributed by atoms with Crippen LogP contribution in [0.15, 0.2) is 18.2 Å². The second kappa shape index (κ2) is 6.15. The first-order valence-corrected chi connectivity index (χ1v) is 7.27. The van der Waals surface area contributed by atoms with Gasteiger partial charge < -0.3 is 20.4 Å². The lowest BCUT2D eigenvalue weighted by Crippen LogP contribution is -2.43. The van der Waals surface area contributed by atoms with E-state index in [9.17, 15) is 14.7 Å². The van der Waals surface area contributed by atoms with Gasteiger partial charge in [-0.2, -0.15) is 0 Å². The molecule has 1 saturated heterocycles. The number of β-amino-alcohol motifs (C(OH)–C–C–N with tert-alkyl or cyclic N) is 1. The number of benzene rings is 1. The molecule has 1 fully saturated rings. The van der Waals surface area contributed by atoms with E-state index in [1.54, 1.807) is 18.2 Å². The zero-order chi connectivity index (χ0) is 14.9. The first-order valence-electron chi connectivity index (χ1n) is 5.82. The van der Waals surface area contributed by atoms with Crippen LogP contribution in [0.25, 0.3) is 0 Å².